The normalized spacial score (nSPS) is 5.55. The van der Waals surface area contributed by atoms with Crippen LogP contribution in [-0.2, 0) is 0 Å². The van der Waals surface area contributed by atoms with Crippen molar-refractivity contribution in [2.45, 2.75) is 0 Å². The SMILES string of the molecule is Fc1cc[c-]cc1.[Cl-].[Cl-].[Li+].[Mg+2]. The van der Waals surface area contributed by atoms with E-state index in [1.165, 1.54) is 24.3 Å². The molecule has 0 amide bonds. The summed E-state index contributed by atoms with van der Waals surface area (Å²) in [4.78, 5) is 0. The van der Waals surface area contributed by atoms with Gasteiger partial charge in [0, 0.05) is 5.82 Å². The third-order valence-corrected chi connectivity index (χ3v) is 0.678. The summed E-state index contributed by atoms with van der Waals surface area (Å²) < 4.78 is 11.9. The van der Waals surface area contributed by atoms with Crippen LogP contribution in [-0.4, -0.2) is 23.1 Å². The minimum atomic E-state index is -0.209. The van der Waals surface area contributed by atoms with Gasteiger partial charge in [0.05, 0.1) is 0 Å². The number of benzene rings is 1. The molecule has 11 heavy (non-hydrogen) atoms. The summed E-state index contributed by atoms with van der Waals surface area (Å²) in [6, 6.07) is 8.49. The van der Waals surface area contributed by atoms with Gasteiger partial charge in [-0.25, -0.2) is 4.39 Å². The fraction of sp³-hybridized carbons (Fsp3) is 0. The predicted octanol–water partition coefficient (Wildman–Crippen LogP) is -7.74. The molecule has 5 heteroatoms. The van der Waals surface area contributed by atoms with Crippen molar-refractivity contribution in [2.24, 2.45) is 0 Å². The summed E-state index contributed by atoms with van der Waals surface area (Å²) >= 11 is 0. The van der Waals surface area contributed by atoms with Gasteiger partial charge in [-0.1, -0.05) is 0 Å². The molecular weight excluding hydrogens is 193 g/mol. The van der Waals surface area contributed by atoms with Crippen molar-refractivity contribution in [3.8, 4) is 0 Å². The summed E-state index contributed by atoms with van der Waals surface area (Å²) in [6.45, 7) is 0. The molecule has 0 fully saturated rings. The first-order chi connectivity index (χ1) is 3.39. The van der Waals surface area contributed by atoms with Crippen LogP contribution in [0.15, 0.2) is 24.3 Å². The molecule has 1 aromatic carbocycles. The van der Waals surface area contributed by atoms with Gasteiger partial charge in [-0.15, -0.1) is 12.1 Å². The summed E-state index contributed by atoms with van der Waals surface area (Å²) in [5.74, 6) is -0.209. The molecule has 0 unspecified atom stereocenters. The van der Waals surface area contributed by atoms with Crippen molar-refractivity contribution in [3.63, 3.8) is 0 Å². The fourth-order valence-corrected chi connectivity index (χ4v) is 0.367. The van der Waals surface area contributed by atoms with Crippen LogP contribution in [0.5, 0.6) is 0 Å². The number of hydrogen-bond acceptors (Lipinski definition) is 0. The Morgan fingerprint density at radius 3 is 1.64 bits per heavy atom. The second-order valence-electron chi connectivity index (χ2n) is 1.22. The van der Waals surface area contributed by atoms with E-state index in [0.29, 0.717) is 0 Å². The Morgan fingerprint density at radius 2 is 1.45 bits per heavy atom. The molecule has 52 valence electrons. The third-order valence-electron chi connectivity index (χ3n) is 0.678. The van der Waals surface area contributed by atoms with Crippen LogP contribution in [0.25, 0.3) is 0 Å². The van der Waals surface area contributed by atoms with E-state index in [9.17, 15) is 4.39 Å². The average molecular weight is 197 g/mol. The van der Waals surface area contributed by atoms with Gasteiger partial charge in [0.15, 0.2) is 0 Å². The molecule has 0 heterocycles. The molecule has 0 aliphatic heterocycles. The van der Waals surface area contributed by atoms with E-state index in [1.54, 1.807) is 0 Å². The number of halogens is 3. The molecule has 0 aromatic heterocycles. The number of hydrogen-bond donors (Lipinski definition) is 0. The van der Waals surface area contributed by atoms with E-state index in [1.807, 2.05) is 0 Å². The zero-order valence-electron chi connectivity index (χ0n) is 6.15. The van der Waals surface area contributed by atoms with Crippen LogP contribution < -0.4 is 43.7 Å². The minimum Gasteiger partial charge on any atom is -1.00 e. The molecule has 0 nitrogen and oxygen atoms in total. The summed E-state index contributed by atoms with van der Waals surface area (Å²) in [7, 11) is 0. The summed E-state index contributed by atoms with van der Waals surface area (Å²) in [6.07, 6.45) is 0. The van der Waals surface area contributed by atoms with Crippen molar-refractivity contribution in [3.05, 3.63) is 36.1 Å². The molecule has 0 N–H and O–H groups in total. The molecule has 1 aromatic rings. The molecule has 0 spiro atoms. The average Bonchev–Trinajstić information content (AvgIpc) is 1.69. The maximum absolute atomic E-state index is 11.9. The molecule has 0 atom stereocenters. The topological polar surface area (TPSA) is 0 Å². The van der Waals surface area contributed by atoms with Crippen molar-refractivity contribution < 1.29 is 48.1 Å². The van der Waals surface area contributed by atoms with Gasteiger partial charge in [0.1, 0.15) is 0 Å². The molecule has 1 rings (SSSR count). The Balaban J connectivity index is -0.0000000612. The Hall–Kier alpha value is 1.09. The molecule has 0 saturated carbocycles. The second kappa shape index (κ2) is 13.7. The molecule has 0 saturated heterocycles. The van der Waals surface area contributed by atoms with Gasteiger partial charge in [0.2, 0.25) is 0 Å². The van der Waals surface area contributed by atoms with Gasteiger partial charge < -0.3 is 24.8 Å². The Kier molecular flexibility index (Phi) is 28.2. The van der Waals surface area contributed by atoms with Crippen molar-refractivity contribution >= 4 is 23.1 Å². The number of rotatable bonds is 0. The van der Waals surface area contributed by atoms with Crippen molar-refractivity contribution in [1.29, 1.82) is 0 Å². The largest absolute Gasteiger partial charge is 2.00 e. The van der Waals surface area contributed by atoms with Crippen molar-refractivity contribution in [2.75, 3.05) is 0 Å². The smallest absolute Gasteiger partial charge is 1.00 e. The standard InChI is InChI=1S/C6H4F.2ClH.Li.Mg/c7-6-4-2-1-3-5-6;;;;/h2-5H;2*1H;;/q-1;;;+1;+2/p-2. The minimum absolute atomic E-state index is 0. The fourth-order valence-electron chi connectivity index (χ4n) is 0.367. The maximum atomic E-state index is 11.9. The Bertz CT molecular complexity index is 151. The summed E-state index contributed by atoms with van der Waals surface area (Å²) in [5, 5.41) is 0. The van der Waals surface area contributed by atoms with Crippen LogP contribution in [0.3, 0.4) is 0 Å². The van der Waals surface area contributed by atoms with Crippen LogP contribution >= 0.6 is 0 Å². The monoisotopic (exact) mass is 196 g/mol. The second-order valence-corrected chi connectivity index (χ2v) is 1.22. The van der Waals surface area contributed by atoms with E-state index in [2.05, 4.69) is 6.07 Å². The molecule has 0 bridgehead atoms. The molecule has 0 aliphatic rings. The van der Waals surface area contributed by atoms with Gasteiger partial charge in [-0.05, 0) is 0 Å². The van der Waals surface area contributed by atoms with E-state index < -0.39 is 0 Å². The van der Waals surface area contributed by atoms with Crippen LogP contribution in [0.2, 0.25) is 0 Å². The summed E-state index contributed by atoms with van der Waals surface area (Å²) in [5.41, 5.74) is 0. The first kappa shape index (κ1) is 22.7. The third kappa shape index (κ3) is 11.1. The van der Waals surface area contributed by atoms with Gasteiger partial charge >= 0.3 is 41.9 Å². The molecule has 0 radical (unpaired) electrons. The maximum Gasteiger partial charge on any atom is 2.00 e. The first-order valence-corrected chi connectivity index (χ1v) is 2.01. The zero-order chi connectivity index (χ0) is 5.11. The van der Waals surface area contributed by atoms with E-state index >= 15 is 0 Å². The van der Waals surface area contributed by atoms with E-state index in [0.717, 1.165) is 0 Å². The predicted molar refractivity (Wildman–Crippen MR) is 31.0 cm³/mol. The Labute approximate surface area is 106 Å². The van der Waals surface area contributed by atoms with Crippen LogP contribution in [0, 0.1) is 11.9 Å². The van der Waals surface area contributed by atoms with E-state index in [-0.39, 0.29) is 72.5 Å². The van der Waals surface area contributed by atoms with E-state index in [4.69, 9.17) is 0 Å². The van der Waals surface area contributed by atoms with Crippen LogP contribution in [0.1, 0.15) is 0 Å². The molecular formula is C6H4Cl2FLiMg. The molecule has 0 aliphatic carbocycles. The Morgan fingerprint density at radius 1 is 1.09 bits per heavy atom. The van der Waals surface area contributed by atoms with Gasteiger partial charge in [-0.2, -0.15) is 18.2 Å². The first-order valence-electron chi connectivity index (χ1n) is 2.01. The van der Waals surface area contributed by atoms with Gasteiger partial charge in [-0.3, -0.25) is 0 Å². The zero-order valence-corrected chi connectivity index (χ0v) is 9.08. The van der Waals surface area contributed by atoms with Crippen molar-refractivity contribution in [1.82, 2.24) is 0 Å². The quantitative estimate of drug-likeness (QED) is 0.286. The van der Waals surface area contributed by atoms with Gasteiger partial charge in [0.25, 0.3) is 0 Å². The van der Waals surface area contributed by atoms with Crippen LogP contribution in [0.4, 0.5) is 4.39 Å².